The van der Waals surface area contributed by atoms with Gasteiger partial charge in [0.1, 0.15) is 10.3 Å². The molecule has 0 aromatic carbocycles. The lowest BCUT2D eigenvalue weighted by molar-refractivity contribution is -0.125. The molecule has 0 radical (unpaired) electrons. The van der Waals surface area contributed by atoms with E-state index >= 15 is 0 Å². The van der Waals surface area contributed by atoms with Crippen LogP contribution in [0.1, 0.15) is 51.9 Å². The summed E-state index contributed by atoms with van der Waals surface area (Å²) in [5, 5.41) is 4.23. The van der Waals surface area contributed by atoms with Crippen molar-refractivity contribution in [2.75, 3.05) is 37.6 Å². The van der Waals surface area contributed by atoms with Gasteiger partial charge in [-0.1, -0.05) is 24.7 Å². The number of rotatable bonds is 7. The van der Waals surface area contributed by atoms with Crippen molar-refractivity contribution >= 4 is 32.7 Å². The summed E-state index contributed by atoms with van der Waals surface area (Å²) in [5.74, 6) is 0.374. The first kappa shape index (κ1) is 20.5. The van der Waals surface area contributed by atoms with Crippen molar-refractivity contribution in [3.63, 3.8) is 0 Å². The lowest BCUT2D eigenvalue weighted by atomic mass is 9.96. The Morgan fingerprint density at radius 2 is 2.10 bits per heavy atom. The Kier molecular flexibility index (Phi) is 6.98. The zero-order valence-corrected chi connectivity index (χ0v) is 18.3. The average Bonchev–Trinajstić information content (AvgIpc) is 3.21. The maximum absolute atomic E-state index is 12.6. The Hall–Kier alpha value is -1.73. The number of thiazole rings is 1. The zero-order chi connectivity index (χ0) is 20.1. The van der Waals surface area contributed by atoms with Crippen molar-refractivity contribution in [2.45, 2.75) is 57.9 Å². The number of hydrogen-bond donors (Lipinski definition) is 1. The molecular formula is C22H33N5OS. The molecule has 158 valence electrons. The van der Waals surface area contributed by atoms with E-state index in [0.29, 0.717) is 0 Å². The molecule has 0 unspecified atom stereocenters. The van der Waals surface area contributed by atoms with Gasteiger partial charge in [0.15, 0.2) is 5.13 Å². The number of nitrogens with zero attached hydrogens (tertiary/aromatic N) is 4. The molecule has 1 N–H and O–H groups in total. The molecule has 7 heteroatoms. The smallest absolute Gasteiger partial charge is 0.223 e. The van der Waals surface area contributed by atoms with Gasteiger partial charge in [-0.15, -0.1) is 0 Å². The SMILES string of the molecule is CC[C@@H]1CCCCN1CCCNC(=O)C1CCN(c2nc3cccnc3s2)CC1. The Bertz CT molecular complexity index is 768. The summed E-state index contributed by atoms with van der Waals surface area (Å²) in [4.78, 5) is 27.6. The predicted octanol–water partition coefficient (Wildman–Crippen LogP) is 3.68. The van der Waals surface area contributed by atoms with Gasteiger partial charge in [0.25, 0.3) is 0 Å². The van der Waals surface area contributed by atoms with Crippen molar-refractivity contribution in [3.05, 3.63) is 18.3 Å². The Morgan fingerprint density at radius 1 is 1.24 bits per heavy atom. The molecule has 4 heterocycles. The summed E-state index contributed by atoms with van der Waals surface area (Å²) < 4.78 is 0. The minimum atomic E-state index is 0.136. The molecule has 2 aromatic rings. The van der Waals surface area contributed by atoms with Crippen LogP contribution in [0.25, 0.3) is 10.3 Å². The average molecular weight is 416 g/mol. The van der Waals surface area contributed by atoms with Crippen LogP contribution in [0.3, 0.4) is 0 Å². The van der Waals surface area contributed by atoms with Gasteiger partial charge in [-0.3, -0.25) is 4.79 Å². The zero-order valence-electron chi connectivity index (χ0n) is 17.5. The molecule has 2 aliphatic heterocycles. The summed E-state index contributed by atoms with van der Waals surface area (Å²) in [5.41, 5.74) is 0.964. The normalized spacial score (nSPS) is 21.6. The monoisotopic (exact) mass is 415 g/mol. The highest BCUT2D eigenvalue weighted by Gasteiger charge is 2.26. The fourth-order valence-electron chi connectivity index (χ4n) is 4.68. The standard InChI is InChI=1S/C22H33N5OS/c1-2-18-7-3-4-13-26(18)14-6-12-23-20(28)17-9-15-27(16-10-17)22-25-19-8-5-11-24-21(19)29-22/h5,8,11,17-18H,2-4,6-7,9-10,12-16H2,1H3,(H,23,28)/t18-/m1/s1. The van der Waals surface area contributed by atoms with Gasteiger partial charge in [0, 0.05) is 44.3 Å². The lowest BCUT2D eigenvalue weighted by Gasteiger charge is -2.35. The molecule has 1 amide bonds. The van der Waals surface area contributed by atoms with Gasteiger partial charge >= 0.3 is 0 Å². The second-order valence-corrected chi connectivity index (χ2v) is 9.28. The van der Waals surface area contributed by atoms with Crippen LogP contribution in [0.5, 0.6) is 0 Å². The molecule has 2 aliphatic rings. The molecule has 6 nitrogen and oxygen atoms in total. The Balaban J connectivity index is 1.18. The number of aromatic nitrogens is 2. The summed E-state index contributed by atoms with van der Waals surface area (Å²) in [6.07, 6.45) is 9.96. The highest BCUT2D eigenvalue weighted by molar-refractivity contribution is 7.21. The molecule has 2 saturated heterocycles. The molecule has 0 spiro atoms. The summed E-state index contributed by atoms with van der Waals surface area (Å²) >= 11 is 1.64. The van der Waals surface area contributed by atoms with Crippen LogP contribution in [0.2, 0.25) is 0 Å². The minimum Gasteiger partial charge on any atom is -0.356 e. The van der Waals surface area contributed by atoms with Crippen LogP contribution in [0.15, 0.2) is 18.3 Å². The fraction of sp³-hybridized carbons (Fsp3) is 0.682. The van der Waals surface area contributed by atoms with E-state index in [1.807, 2.05) is 18.3 Å². The summed E-state index contributed by atoms with van der Waals surface area (Å²) in [6, 6.07) is 4.69. The van der Waals surface area contributed by atoms with Crippen LogP contribution in [0.4, 0.5) is 5.13 Å². The molecule has 1 atom stereocenters. The summed E-state index contributed by atoms with van der Waals surface area (Å²) in [6.45, 7) is 7.22. The van der Waals surface area contributed by atoms with Crippen molar-refractivity contribution < 1.29 is 4.79 Å². The topological polar surface area (TPSA) is 61.4 Å². The first-order valence-electron chi connectivity index (χ1n) is 11.2. The van der Waals surface area contributed by atoms with Gasteiger partial charge in [-0.2, -0.15) is 0 Å². The first-order chi connectivity index (χ1) is 14.2. The third-order valence-corrected chi connectivity index (χ3v) is 7.47. The van der Waals surface area contributed by atoms with Crippen LogP contribution in [-0.4, -0.2) is 59.5 Å². The molecule has 4 rings (SSSR count). The maximum atomic E-state index is 12.6. The van der Waals surface area contributed by atoms with Gasteiger partial charge in [0.05, 0.1) is 0 Å². The van der Waals surface area contributed by atoms with E-state index in [0.717, 1.165) is 67.0 Å². The first-order valence-corrected chi connectivity index (χ1v) is 12.0. The van der Waals surface area contributed by atoms with Gasteiger partial charge in [-0.25, -0.2) is 9.97 Å². The van der Waals surface area contributed by atoms with Gasteiger partial charge < -0.3 is 15.1 Å². The summed E-state index contributed by atoms with van der Waals surface area (Å²) in [7, 11) is 0. The quantitative estimate of drug-likeness (QED) is 0.699. The van der Waals surface area contributed by atoms with E-state index < -0.39 is 0 Å². The number of fused-ring (bicyclic) bond motifs is 1. The van der Waals surface area contributed by atoms with Crippen molar-refractivity contribution in [3.8, 4) is 0 Å². The molecule has 0 bridgehead atoms. The van der Waals surface area contributed by atoms with Gasteiger partial charge in [-0.05, 0) is 57.2 Å². The molecule has 29 heavy (non-hydrogen) atoms. The Morgan fingerprint density at radius 3 is 2.90 bits per heavy atom. The molecule has 0 saturated carbocycles. The van der Waals surface area contributed by atoms with E-state index in [1.165, 1.54) is 32.2 Å². The van der Waals surface area contributed by atoms with E-state index in [4.69, 9.17) is 4.98 Å². The number of amides is 1. The van der Waals surface area contributed by atoms with Crippen LogP contribution >= 0.6 is 11.3 Å². The number of carbonyl (C=O) groups is 1. The highest BCUT2D eigenvalue weighted by Crippen LogP contribution is 2.30. The third-order valence-electron chi connectivity index (χ3n) is 6.43. The largest absolute Gasteiger partial charge is 0.356 e. The maximum Gasteiger partial charge on any atom is 0.223 e. The number of anilines is 1. The number of likely N-dealkylation sites (tertiary alicyclic amines) is 1. The number of pyridine rings is 1. The van der Waals surface area contributed by atoms with Crippen LogP contribution in [0, 0.1) is 5.92 Å². The minimum absolute atomic E-state index is 0.136. The van der Waals surface area contributed by atoms with E-state index in [2.05, 4.69) is 27.0 Å². The van der Waals surface area contributed by atoms with Crippen molar-refractivity contribution in [1.82, 2.24) is 20.2 Å². The van der Waals surface area contributed by atoms with Crippen molar-refractivity contribution in [2.24, 2.45) is 5.92 Å². The molecular weight excluding hydrogens is 382 g/mol. The van der Waals surface area contributed by atoms with Crippen LogP contribution < -0.4 is 10.2 Å². The molecule has 0 aliphatic carbocycles. The predicted molar refractivity (Wildman–Crippen MR) is 119 cm³/mol. The molecule has 2 fully saturated rings. The van der Waals surface area contributed by atoms with E-state index in [1.54, 1.807) is 11.3 Å². The Labute approximate surface area is 177 Å². The fourth-order valence-corrected chi connectivity index (χ4v) is 5.64. The van der Waals surface area contributed by atoms with Crippen LogP contribution in [-0.2, 0) is 4.79 Å². The molecule has 2 aromatic heterocycles. The lowest BCUT2D eigenvalue weighted by Crippen LogP contribution is -2.42. The number of carbonyl (C=O) groups excluding carboxylic acids is 1. The highest BCUT2D eigenvalue weighted by atomic mass is 32.1. The van der Waals surface area contributed by atoms with Crippen molar-refractivity contribution in [1.29, 1.82) is 0 Å². The number of nitrogens with one attached hydrogen (secondary N) is 1. The van der Waals surface area contributed by atoms with E-state index in [9.17, 15) is 4.79 Å². The number of piperidine rings is 2. The number of hydrogen-bond acceptors (Lipinski definition) is 6. The second-order valence-electron chi connectivity index (χ2n) is 8.32. The van der Waals surface area contributed by atoms with E-state index in [-0.39, 0.29) is 11.8 Å². The second kappa shape index (κ2) is 9.85. The third kappa shape index (κ3) is 5.07. The van der Waals surface area contributed by atoms with Gasteiger partial charge in [0.2, 0.25) is 5.91 Å².